The van der Waals surface area contributed by atoms with Gasteiger partial charge in [0.05, 0.1) is 11.6 Å². The van der Waals surface area contributed by atoms with E-state index in [1.165, 1.54) is 23.1 Å². The van der Waals surface area contributed by atoms with E-state index in [4.69, 9.17) is 5.26 Å². The molecule has 1 aromatic carbocycles. The molecule has 0 saturated heterocycles. The van der Waals surface area contributed by atoms with Crippen molar-refractivity contribution in [3.63, 3.8) is 0 Å². The molecule has 0 bridgehead atoms. The molecule has 4 nitrogen and oxygen atoms in total. The maximum absolute atomic E-state index is 13.6. The third-order valence-corrected chi connectivity index (χ3v) is 2.77. The van der Waals surface area contributed by atoms with Crippen molar-refractivity contribution in [1.82, 2.24) is 10.2 Å². The van der Waals surface area contributed by atoms with Crippen LogP contribution in [0.5, 0.6) is 0 Å². The molecule has 1 aromatic rings. The van der Waals surface area contributed by atoms with Crippen LogP contribution in [0.1, 0.15) is 24.5 Å². The molecule has 0 aromatic heterocycles. The van der Waals surface area contributed by atoms with Crippen molar-refractivity contribution in [3.8, 4) is 6.07 Å². The zero-order valence-corrected chi connectivity index (χ0v) is 11.2. The van der Waals surface area contributed by atoms with Crippen LogP contribution in [0.4, 0.5) is 4.39 Å². The Kier molecular flexibility index (Phi) is 5.97. The van der Waals surface area contributed by atoms with Crippen molar-refractivity contribution in [1.29, 1.82) is 5.26 Å². The SMILES string of the molecule is CCNCCC(=O)N(C)Cc1cc(C#N)ccc1F. The first-order valence-electron chi connectivity index (χ1n) is 6.21. The van der Waals surface area contributed by atoms with Crippen molar-refractivity contribution >= 4 is 5.91 Å². The average Bonchev–Trinajstić information content (AvgIpc) is 2.41. The summed E-state index contributed by atoms with van der Waals surface area (Å²) >= 11 is 0. The largest absolute Gasteiger partial charge is 0.341 e. The van der Waals surface area contributed by atoms with Gasteiger partial charge in [-0.2, -0.15) is 5.26 Å². The third-order valence-electron chi connectivity index (χ3n) is 2.77. The summed E-state index contributed by atoms with van der Waals surface area (Å²) < 4.78 is 13.6. The van der Waals surface area contributed by atoms with Gasteiger partial charge in [0.2, 0.25) is 5.91 Å². The standard InChI is InChI=1S/C14H18FN3O/c1-3-17-7-6-14(19)18(2)10-12-8-11(9-16)4-5-13(12)15/h4-5,8,17H,3,6-7,10H2,1-2H3. The van der Waals surface area contributed by atoms with Gasteiger partial charge in [0.15, 0.2) is 0 Å². The molecule has 0 aliphatic carbocycles. The summed E-state index contributed by atoms with van der Waals surface area (Å²) in [5, 5.41) is 11.8. The lowest BCUT2D eigenvalue weighted by Gasteiger charge is -2.18. The first-order chi connectivity index (χ1) is 9.08. The lowest BCUT2D eigenvalue weighted by molar-refractivity contribution is -0.130. The Morgan fingerprint density at radius 1 is 1.53 bits per heavy atom. The van der Waals surface area contributed by atoms with Crippen LogP contribution in [0, 0.1) is 17.1 Å². The predicted molar refractivity (Wildman–Crippen MR) is 70.7 cm³/mol. The van der Waals surface area contributed by atoms with Crippen LogP contribution < -0.4 is 5.32 Å². The van der Waals surface area contributed by atoms with E-state index < -0.39 is 5.82 Å². The Balaban J connectivity index is 2.63. The second kappa shape index (κ2) is 7.49. The zero-order chi connectivity index (χ0) is 14.3. The van der Waals surface area contributed by atoms with Gasteiger partial charge in [-0.05, 0) is 24.7 Å². The Hall–Kier alpha value is -1.93. The fourth-order valence-electron chi connectivity index (χ4n) is 1.67. The number of rotatable bonds is 6. The molecule has 5 heteroatoms. The minimum atomic E-state index is -0.398. The molecule has 1 amide bonds. The highest BCUT2D eigenvalue weighted by Gasteiger charge is 2.11. The van der Waals surface area contributed by atoms with Gasteiger partial charge in [-0.15, -0.1) is 0 Å². The van der Waals surface area contributed by atoms with Gasteiger partial charge >= 0.3 is 0 Å². The van der Waals surface area contributed by atoms with Crippen molar-refractivity contribution in [3.05, 3.63) is 35.1 Å². The number of hydrogen-bond donors (Lipinski definition) is 1. The summed E-state index contributed by atoms with van der Waals surface area (Å²) in [5.74, 6) is -0.451. The molecule has 0 spiro atoms. The van der Waals surface area contributed by atoms with Crippen LogP contribution in [0.25, 0.3) is 0 Å². The molecule has 1 rings (SSSR count). The molecule has 0 atom stereocenters. The topological polar surface area (TPSA) is 56.1 Å². The van der Waals surface area contributed by atoms with Crippen LogP contribution in [0.2, 0.25) is 0 Å². The lowest BCUT2D eigenvalue weighted by atomic mass is 10.1. The summed E-state index contributed by atoms with van der Waals surface area (Å²) in [4.78, 5) is 13.3. The number of nitriles is 1. The van der Waals surface area contributed by atoms with Crippen LogP contribution in [-0.2, 0) is 11.3 Å². The second-order valence-electron chi connectivity index (χ2n) is 4.27. The second-order valence-corrected chi connectivity index (χ2v) is 4.27. The molecule has 0 fully saturated rings. The molecule has 0 radical (unpaired) electrons. The highest BCUT2D eigenvalue weighted by atomic mass is 19.1. The fraction of sp³-hybridized carbons (Fsp3) is 0.429. The van der Waals surface area contributed by atoms with Gasteiger partial charge in [-0.25, -0.2) is 4.39 Å². The predicted octanol–water partition coefficient (Wildman–Crippen LogP) is 1.66. The zero-order valence-electron chi connectivity index (χ0n) is 11.2. The van der Waals surface area contributed by atoms with E-state index in [1.807, 2.05) is 13.0 Å². The van der Waals surface area contributed by atoms with Crippen LogP contribution in [0.15, 0.2) is 18.2 Å². The summed E-state index contributed by atoms with van der Waals surface area (Å²) in [7, 11) is 1.63. The summed E-state index contributed by atoms with van der Waals surface area (Å²) in [6.45, 7) is 3.57. The number of nitrogens with one attached hydrogen (secondary N) is 1. The molecular weight excluding hydrogens is 245 g/mol. The maximum Gasteiger partial charge on any atom is 0.223 e. The minimum Gasteiger partial charge on any atom is -0.341 e. The summed E-state index contributed by atoms with van der Waals surface area (Å²) in [5.41, 5.74) is 0.753. The number of nitrogens with zero attached hydrogens (tertiary/aromatic N) is 2. The van der Waals surface area contributed by atoms with E-state index in [2.05, 4.69) is 5.32 Å². The van der Waals surface area contributed by atoms with E-state index in [1.54, 1.807) is 7.05 Å². The van der Waals surface area contributed by atoms with Crippen molar-refractivity contribution in [2.75, 3.05) is 20.1 Å². The molecule has 19 heavy (non-hydrogen) atoms. The molecule has 0 heterocycles. The van der Waals surface area contributed by atoms with Crippen LogP contribution >= 0.6 is 0 Å². The number of hydrogen-bond acceptors (Lipinski definition) is 3. The van der Waals surface area contributed by atoms with E-state index >= 15 is 0 Å². The van der Waals surface area contributed by atoms with Crippen molar-refractivity contribution in [2.24, 2.45) is 0 Å². The number of carbonyl (C=O) groups excluding carboxylic acids is 1. The molecule has 102 valence electrons. The number of halogens is 1. The van der Waals surface area contributed by atoms with Crippen molar-refractivity contribution < 1.29 is 9.18 Å². The molecule has 0 unspecified atom stereocenters. The minimum absolute atomic E-state index is 0.0530. The van der Waals surface area contributed by atoms with Crippen molar-refractivity contribution in [2.45, 2.75) is 19.9 Å². The monoisotopic (exact) mass is 263 g/mol. The van der Waals surface area contributed by atoms with E-state index in [-0.39, 0.29) is 12.5 Å². The maximum atomic E-state index is 13.6. The Labute approximate surface area is 112 Å². The molecule has 0 saturated carbocycles. The molecule has 1 N–H and O–H groups in total. The van der Waals surface area contributed by atoms with Gasteiger partial charge in [0, 0.05) is 32.1 Å². The Morgan fingerprint density at radius 2 is 2.26 bits per heavy atom. The first-order valence-corrected chi connectivity index (χ1v) is 6.21. The van der Waals surface area contributed by atoms with Gasteiger partial charge in [-0.1, -0.05) is 6.92 Å². The van der Waals surface area contributed by atoms with Crippen LogP contribution in [-0.4, -0.2) is 30.9 Å². The number of benzene rings is 1. The quantitative estimate of drug-likeness (QED) is 0.794. The molecular formula is C14H18FN3O. The third kappa shape index (κ3) is 4.68. The van der Waals surface area contributed by atoms with E-state index in [9.17, 15) is 9.18 Å². The number of carbonyl (C=O) groups is 1. The van der Waals surface area contributed by atoms with E-state index in [0.29, 0.717) is 24.1 Å². The highest BCUT2D eigenvalue weighted by molar-refractivity contribution is 5.76. The highest BCUT2D eigenvalue weighted by Crippen LogP contribution is 2.12. The van der Waals surface area contributed by atoms with Gasteiger partial charge < -0.3 is 10.2 Å². The Bertz CT molecular complexity index is 482. The molecule has 0 aliphatic rings. The smallest absolute Gasteiger partial charge is 0.223 e. The summed E-state index contributed by atoms with van der Waals surface area (Å²) in [6, 6.07) is 6.11. The van der Waals surface area contributed by atoms with Crippen LogP contribution in [0.3, 0.4) is 0 Å². The summed E-state index contributed by atoms with van der Waals surface area (Å²) in [6.07, 6.45) is 0.379. The Morgan fingerprint density at radius 3 is 2.89 bits per heavy atom. The van der Waals surface area contributed by atoms with Gasteiger partial charge in [0.1, 0.15) is 5.82 Å². The van der Waals surface area contributed by atoms with Gasteiger partial charge in [-0.3, -0.25) is 4.79 Å². The average molecular weight is 263 g/mol. The first kappa shape index (κ1) is 15.1. The van der Waals surface area contributed by atoms with E-state index in [0.717, 1.165) is 6.54 Å². The fourth-order valence-corrected chi connectivity index (χ4v) is 1.67. The van der Waals surface area contributed by atoms with Gasteiger partial charge in [0.25, 0.3) is 0 Å². The number of amides is 1. The normalized spacial score (nSPS) is 10.0. The molecule has 0 aliphatic heterocycles. The lowest BCUT2D eigenvalue weighted by Crippen LogP contribution is -2.29.